The van der Waals surface area contributed by atoms with E-state index in [0.717, 1.165) is 5.69 Å². The van der Waals surface area contributed by atoms with Crippen molar-refractivity contribution >= 4 is 0 Å². The summed E-state index contributed by atoms with van der Waals surface area (Å²) in [5, 5.41) is 13.4. The normalized spacial score (nSPS) is 12.0. The highest BCUT2D eigenvalue weighted by atomic mass is 19.4. The summed E-state index contributed by atoms with van der Waals surface area (Å²) in [7, 11) is 0. The van der Waals surface area contributed by atoms with Gasteiger partial charge in [0.1, 0.15) is 5.75 Å². The fraction of sp³-hybridized carbons (Fsp3) is 0.357. The summed E-state index contributed by atoms with van der Waals surface area (Å²) in [4.78, 5) is 0. The van der Waals surface area contributed by atoms with E-state index < -0.39 is 18.7 Å². The summed E-state index contributed by atoms with van der Waals surface area (Å²) in [6.07, 6.45) is -3.17. The predicted molar refractivity (Wildman–Crippen MR) is 70.7 cm³/mol. The Bertz CT molecular complexity index is 621. The SMILES string of the molecule is CC(C)n1nccc1-c1ccc(OC(F)(F)F)c(CO)c1. The molecule has 0 saturated carbocycles. The van der Waals surface area contributed by atoms with E-state index in [9.17, 15) is 18.3 Å². The van der Waals surface area contributed by atoms with Crippen LogP contribution in [0.15, 0.2) is 30.5 Å². The number of aliphatic hydroxyl groups is 1. The van der Waals surface area contributed by atoms with Crippen molar-refractivity contribution in [3.8, 4) is 17.0 Å². The maximum absolute atomic E-state index is 12.3. The molecular formula is C14H15F3N2O2. The van der Waals surface area contributed by atoms with Crippen LogP contribution in [0.5, 0.6) is 5.75 Å². The van der Waals surface area contributed by atoms with Crippen LogP contribution in [0.2, 0.25) is 0 Å². The Kier molecular flexibility index (Phi) is 4.22. The lowest BCUT2D eigenvalue weighted by Gasteiger charge is -2.15. The standard InChI is InChI=1S/C14H15F3N2O2/c1-9(2)19-12(5-6-18-19)10-3-4-13(11(7-10)8-20)21-14(15,16)17/h3-7,9,20H,8H2,1-2H3. The van der Waals surface area contributed by atoms with Gasteiger partial charge in [0.25, 0.3) is 0 Å². The van der Waals surface area contributed by atoms with E-state index in [-0.39, 0.29) is 11.6 Å². The van der Waals surface area contributed by atoms with Crippen molar-refractivity contribution in [2.24, 2.45) is 0 Å². The van der Waals surface area contributed by atoms with Gasteiger partial charge in [-0.3, -0.25) is 4.68 Å². The maximum Gasteiger partial charge on any atom is 0.573 e. The van der Waals surface area contributed by atoms with Crippen molar-refractivity contribution in [2.45, 2.75) is 32.9 Å². The van der Waals surface area contributed by atoms with Gasteiger partial charge in [0, 0.05) is 23.4 Å². The molecule has 0 radical (unpaired) electrons. The Balaban J connectivity index is 2.41. The van der Waals surface area contributed by atoms with E-state index in [1.165, 1.54) is 18.2 Å². The van der Waals surface area contributed by atoms with E-state index in [2.05, 4.69) is 9.84 Å². The molecule has 0 spiro atoms. The topological polar surface area (TPSA) is 47.3 Å². The van der Waals surface area contributed by atoms with Gasteiger partial charge in [-0.2, -0.15) is 5.10 Å². The number of rotatable bonds is 4. The highest BCUT2D eigenvalue weighted by molar-refractivity contribution is 5.62. The van der Waals surface area contributed by atoms with E-state index in [4.69, 9.17) is 0 Å². The van der Waals surface area contributed by atoms with Gasteiger partial charge in [-0.1, -0.05) is 0 Å². The lowest BCUT2D eigenvalue weighted by atomic mass is 10.1. The first-order valence-electron chi connectivity index (χ1n) is 6.35. The second-order valence-electron chi connectivity index (χ2n) is 4.78. The first-order chi connectivity index (χ1) is 9.81. The fourth-order valence-electron chi connectivity index (χ4n) is 2.04. The largest absolute Gasteiger partial charge is 0.573 e. The zero-order chi connectivity index (χ0) is 15.6. The molecule has 0 bridgehead atoms. The highest BCUT2D eigenvalue weighted by Crippen LogP contribution is 2.31. The minimum absolute atomic E-state index is 0.0707. The average molecular weight is 300 g/mol. The Morgan fingerprint density at radius 1 is 1.29 bits per heavy atom. The molecule has 2 aromatic rings. The molecule has 0 aliphatic carbocycles. The van der Waals surface area contributed by atoms with Gasteiger partial charge in [-0.25, -0.2) is 0 Å². The van der Waals surface area contributed by atoms with E-state index in [1.807, 2.05) is 13.8 Å². The first kappa shape index (κ1) is 15.4. The maximum atomic E-state index is 12.3. The van der Waals surface area contributed by atoms with Gasteiger partial charge in [0.05, 0.1) is 12.3 Å². The lowest BCUT2D eigenvalue weighted by molar-refractivity contribution is -0.275. The van der Waals surface area contributed by atoms with Gasteiger partial charge in [-0.05, 0) is 38.1 Å². The minimum atomic E-state index is -4.79. The van der Waals surface area contributed by atoms with Crippen molar-refractivity contribution in [1.82, 2.24) is 9.78 Å². The summed E-state index contributed by atoms with van der Waals surface area (Å²) in [5.41, 5.74) is 1.50. The number of hydrogen-bond donors (Lipinski definition) is 1. The number of ether oxygens (including phenoxy) is 1. The fourth-order valence-corrected chi connectivity index (χ4v) is 2.04. The number of aliphatic hydroxyl groups excluding tert-OH is 1. The van der Waals surface area contributed by atoms with E-state index >= 15 is 0 Å². The van der Waals surface area contributed by atoms with Gasteiger partial charge in [0.2, 0.25) is 0 Å². The predicted octanol–water partition coefficient (Wildman–Crippen LogP) is 3.52. The molecule has 1 aromatic carbocycles. The Morgan fingerprint density at radius 2 is 2.00 bits per heavy atom. The number of alkyl halides is 3. The number of nitrogens with zero attached hydrogens (tertiary/aromatic N) is 2. The van der Waals surface area contributed by atoms with Crippen molar-refractivity contribution in [3.63, 3.8) is 0 Å². The van der Waals surface area contributed by atoms with Crippen LogP contribution in [0.4, 0.5) is 13.2 Å². The summed E-state index contributed by atoms with van der Waals surface area (Å²) in [6.45, 7) is 3.35. The van der Waals surface area contributed by atoms with E-state index in [0.29, 0.717) is 5.56 Å². The number of hydrogen-bond acceptors (Lipinski definition) is 3. The van der Waals surface area contributed by atoms with Crippen molar-refractivity contribution in [2.75, 3.05) is 0 Å². The van der Waals surface area contributed by atoms with Gasteiger partial charge >= 0.3 is 6.36 Å². The quantitative estimate of drug-likeness (QED) is 0.939. The molecule has 0 atom stereocenters. The Labute approximate surface area is 119 Å². The molecular weight excluding hydrogens is 285 g/mol. The third-order valence-corrected chi connectivity index (χ3v) is 2.91. The molecule has 2 rings (SSSR count). The number of benzene rings is 1. The van der Waals surface area contributed by atoms with Crippen LogP contribution in [-0.2, 0) is 6.61 Å². The third-order valence-electron chi connectivity index (χ3n) is 2.91. The Morgan fingerprint density at radius 3 is 2.57 bits per heavy atom. The van der Waals surface area contributed by atoms with Crippen LogP contribution >= 0.6 is 0 Å². The number of aromatic nitrogens is 2. The lowest BCUT2D eigenvalue weighted by Crippen LogP contribution is -2.18. The molecule has 7 heteroatoms. The molecule has 0 amide bonds. The molecule has 0 saturated heterocycles. The molecule has 0 fully saturated rings. The second kappa shape index (κ2) is 5.77. The average Bonchev–Trinajstić information content (AvgIpc) is 2.86. The molecule has 1 aromatic heterocycles. The molecule has 1 N–H and O–H groups in total. The van der Waals surface area contributed by atoms with E-state index in [1.54, 1.807) is 16.9 Å². The molecule has 4 nitrogen and oxygen atoms in total. The van der Waals surface area contributed by atoms with Crippen LogP contribution in [0.25, 0.3) is 11.3 Å². The van der Waals surface area contributed by atoms with Crippen LogP contribution in [-0.4, -0.2) is 21.2 Å². The minimum Gasteiger partial charge on any atom is -0.405 e. The van der Waals surface area contributed by atoms with Crippen LogP contribution in [0, 0.1) is 0 Å². The zero-order valence-electron chi connectivity index (χ0n) is 11.6. The summed E-state index contributed by atoms with van der Waals surface area (Å²) in [5.74, 6) is -0.399. The summed E-state index contributed by atoms with van der Waals surface area (Å²) < 4.78 is 42.5. The van der Waals surface area contributed by atoms with Gasteiger partial charge < -0.3 is 9.84 Å². The van der Waals surface area contributed by atoms with Crippen molar-refractivity contribution in [1.29, 1.82) is 0 Å². The summed E-state index contributed by atoms with van der Waals surface area (Å²) in [6, 6.07) is 6.05. The van der Waals surface area contributed by atoms with Crippen LogP contribution in [0.1, 0.15) is 25.5 Å². The monoisotopic (exact) mass is 300 g/mol. The highest BCUT2D eigenvalue weighted by Gasteiger charge is 2.32. The van der Waals surface area contributed by atoms with Crippen molar-refractivity contribution < 1.29 is 23.0 Å². The molecule has 1 heterocycles. The Hall–Kier alpha value is -2.02. The third kappa shape index (κ3) is 3.55. The second-order valence-corrected chi connectivity index (χ2v) is 4.78. The molecule has 21 heavy (non-hydrogen) atoms. The first-order valence-corrected chi connectivity index (χ1v) is 6.35. The van der Waals surface area contributed by atoms with Crippen LogP contribution in [0.3, 0.4) is 0 Å². The summed E-state index contributed by atoms with van der Waals surface area (Å²) >= 11 is 0. The number of halogens is 3. The molecule has 0 aliphatic rings. The van der Waals surface area contributed by atoms with Gasteiger partial charge in [0.15, 0.2) is 0 Å². The zero-order valence-corrected chi connectivity index (χ0v) is 11.6. The molecule has 0 aliphatic heterocycles. The van der Waals surface area contributed by atoms with Gasteiger partial charge in [-0.15, -0.1) is 13.2 Å². The van der Waals surface area contributed by atoms with Crippen molar-refractivity contribution in [3.05, 3.63) is 36.0 Å². The molecule has 0 unspecified atom stereocenters. The van der Waals surface area contributed by atoms with Crippen LogP contribution < -0.4 is 4.74 Å². The molecule has 114 valence electrons. The smallest absolute Gasteiger partial charge is 0.405 e.